The first-order chi connectivity index (χ1) is 13.6. The molecule has 142 valence electrons. The molecule has 0 radical (unpaired) electrons. The van der Waals surface area contributed by atoms with Crippen LogP contribution >= 0.6 is 0 Å². The maximum Gasteiger partial charge on any atom is 0.306 e. The second kappa shape index (κ2) is 7.80. The van der Waals surface area contributed by atoms with Crippen LogP contribution in [0.25, 0.3) is 10.9 Å². The molecule has 1 amide bonds. The van der Waals surface area contributed by atoms with E-state index in [2.05, 4.69) is 10.3 Å². The molecular weight excluding hydrogens is 352 g/mol. The Kier molecular flexibility index (Phi) is 5.06. The molecule has 1 heterocycles. The van der Waals surface area contributed by atoms with Crippen molar-refractivity contribution in [2.75, 3.05) is 5.32 Å². The van der Waals surface area contributed by atoms with Gasteiger partial charge in [-0.1, -0.05) is 30.3 Å². The standard InChI is InChI=1S/C23H22N2O3/c26-22(19-13-18-3-1-2-4-21(18)24-14-19)25-20-11-9-16(10-12-20)15-5-7-17(8-6-15)23(27)28/h1-4,9-15,17H,5-8H2,(H,25,26)(H,27,28). The van der Waals surface area contributed by atoms with E-state index in [0.29, 0.717) is 11.5 Å². The number of carbonyl (C=O) groups is 2. The summed E-state index contributed by atoms with van der Waals surface area (Å²) in [6, 6.07) is 17.4. The molecule has 1 saturated carbocycles. The van der Waals surface area contributed by atoms with Crippen LogP contribution in [-0.2, 0) is 4.79 Å². The predicted octanol–water partition coefficient (Wildman–Crippen LogP) is 4.85. The van der Waals surface area contributed by atoms with Crippen LogP contribution in [0, 0.1) is 5.92 Å². The highest BCUT2D eigenvalue weighted by Crippen LogP contribution is 2.36. The number of benzene rings is 2. The minimum Gasteiger partial charge on any atom is -0.481 e. The lowest BCUT2D eigenvalue weighted by molar-refractivity contribution is -0.142. The number of aliphatic carboxylic acids is 1. The van der Waals surface area contributed by atoms with Gasteiger partial charge in [0.05, 0.1) is 17.0 Å². The predicted molar refractivity (Wildman–Crippen MR) is 108 cm³/mol. The van der Waals surface area contributed by atoms with Crippen molar-refractivity contribution in [2.24, 2.45) is 5.92 Å². The van der Waals surface area contributed by atoms with E-state index in [9.17, 15) is 9.59 Å². The molecule has 5 heteroatoms. The summed E-state index contributed by atoms with van der Waals surface area (Å²) in [6.45, 7) is 0. The van der Waals surface area contributed by atoms with E-state index in [1.54, 1.807) is 6.20 Å². The normalized spacial score (nSPS) is 19.3. The highest BCUT2D eigenvalue weighted by atomic mass is 16.4. The van der Waals surface area contributed by atoms with Gasteiger partial charge in [-0.3, -0.25) is 14.6 Å². The first-order valence-corrected chi connectivity index (χ1v) is 9.59. The van der Waals surface area contributed by atoms with Crippen LogP contribution in [0.15, 0.2) is 60.8 Å². The van der Waals surface area contributed by atoms with Crippen molar-refractivity contribution in [1.29, 1.82) is 0 Å². The minimum atomic E-state index is -0.681. The van der Waals surface area contributed by atoms with Crippen molar-refractivity contribution in [2.45, 2.75) is 31.6 Å². The SMILES string of the molecule is O=C(Nc1ccc(C2CCC(C(=O)O)CC2)cc1)c1cnc2ccccc2c1. The number of fused-ring (bicyclic) bond motifs is 1. The van der Waals surface area contributed by atoms with Crippen molar-refractivity contribution in [1.82, 2.24) is 4.98 Å². The third-order valence-electron chi connectivity index (χ3n) is 5.57. The van der Waals surface area contributed by atoms with Gasteiger partial charge in [0.25, 0.3) is 5.91 Å². The van der Waals surface area contributed by atoms with E-state index in [4.69, 9.17) is 5.11 Å². The smallest absolute Gasteiger partial charge is 0.306 e. The minimum absolute atomic E-state index is 0.187. The van der Waals surface area contributed by atoms with E-state index in [0.717, 1.165) is 42.3 Å². The number of rotatable bonds is 4. The number of hydrogen-bond donors (Lipinski definition) is 2. The van der Waals surface area contributed by atoms with Gasteiger partial charge in [-0.2, -0.15) is 0 Å². The Morgan fingerprint density at radius 3 is 2.39 bits per heavy atom. The van der Waals surface area contributed by atoms with Crippen LogP contribution in [0.5, 0.6) is 0 Å². The number of nitrogens with zero attached hydrogens (tertiary/aromatic N) is 1. The number of aromatic nitrogens is 1. The Labute approximate surface area is 163 Å². The number of carbonyl (C=O) groups excluding carboxylic acids is 1. The molecule has 0 atom stereocenters. The average molecular weight is 374 g/mol. The maximum atomic E-state index is 12.5. The van der Waals surface area contributed by atoms with Crippen molar-refractivity contribution >= 4 is 28.5 Å². The summed E-state index contributed by atoms with van der Waals surface area (Å²) in [7, 11) is 0. The molecule has 0 bridgehead atoms. The Morgan fingerprint density at radius 2 is 1.68 bits per heavy atom. The second-order valence-electron chi connectivity index (χ2n) is 7.38. The zero-order valence-electron chi connectivity index (χ0n) is 15.5. The summed E-state index contributed by atoms with van der Waals surface area (Å²) in [6.07, 6.45) is 4.84. The fraction of sp³-hybridized carbons (Fsp3) is 0.261. The summed E-state index contributed by atoms with van der Waals surface area (Å²) in [5, 5.41) is 13.0. The van der Waals surface area contributed by atoms with Gasteiger partial charge in [-0.15, -0.1) is 0 Å². The number of hydrogen-bond acceptors (Lipinski definition) is 3. The first kappa shape index (κ1) is 18.2. The van der Waals surface area contributed by atoms with Crippen molar-refractivity contribution in [3.8, 4) is 0 Å². The molecule has 1 aromatic heterocycles. The highest BCUT2D eigenvalue weighted by Gasteiger charge is 2.26. The van der Waals surface area contributed by atoms with Crippen LogP contribution in [0.3, 0.4) is 0 Å². The summed E-state index contributed by atoms with van der Waals surface area (Å²) >= 11 is 0. The van der Waals surface area contributed by atoms with Gasteiger partial charge in [0.1, 0.15) is 0 Å². The van der Waals surface area contributed by atoms with E-state index in [1.807, 2.05) is 54.6 Å². The summed E-state index contributed by atoms with van der Waals surface area (Å²) < 4.78 is 0. The topological polar surface area (TPSA) is 79.3 Å². The van der Waals surface area contributed by atoms with E-state index < -0.39 is 5.97 Å². The van der Waals surface area contributed by atoms with Crippen LogP contribution in [0.4, 0.5) is 5.69 Å². The fourth-order valence-corrected chi connectivity index (χ4v) is 3.91. The van der Waals surface area contributed by atoms with E-state index >= 15 is 0 Å². The van der Waals surface area contributed by atoms with Gasteiger partial charge >= 0.3 is 5.97 Å². The first-order valence-electron chi connectivity index (χ1n) is 9.59. The molecule has 4 rings (SSSR count). The third-order valence-corrected chi connectivity index (χ3v) is 5.57. The largest absolute Gasteiger partial charge is 0.481 e. The van der Waals surface area contributed by atoms with Crippen molar-refractivity contribution < 1.29 is 14.7 Å². The van der Waals surface area contributed by atoms with Gasteiger partial charge in [0.15, 0.2) is 0 Å². The summed E-state index contributed by atoms with van der Waals surface area (Å²) in [5.41, 5.74) is 3.33. The Balaban J connectivity index is 1.41. The lowest BCUT2D eigenvalue weighted by atomic mass is 9.79. The zero-order valence-corrected chi connectivity index (χ0v) is 15.5. The molecule has 0 saturated heterocycles. The fourth-order valence-electron chi connectivity index (χ4n) is 3.91. The number of para-hydroxylation sites is 1. The number of carboxylic acid groups (broad SMARTS) is 1. The van der Waals surface area contributed by atoms with Crippen LogP contribution in [-0.4, -0.2) is 22.0 Å². The molecular formula is C23H22N2O3. The molecule has 28 heavy (non-hydrogen) atoms. The molecule has 1 aliphatic carbocycles. The lowest BCUT2D eigenvalue weighted by Crippen LogP contribution is -2.20. The molecule has 1 aliphatic rings. The number of anilines is 1. The van der Waals surface area contributed by atoms with Gasteiger partial charge in [-0.05, 0) is 61.4 Å². The van der Waals surface area contributed by atoms with Crippen LogP contribution in [0.1, 0.15) is 47.5 Å². The molecule has 2 aromatic carbocycles. The van der Waals surface area contributed by atoms with Gasteiger partial charge in [-0.25, -0.2) is 0 Å². The monoisotopic (exact) mass is 374 g/mol. The maximum absolute atomic E-state index is 12.5. The van der Waals surface area contributed by atoms with Gasteiger partial charge in [0.2, 0.25) is 0 Å². The zero-order chi connectivity index (χ0) is 19.5. The number of carboxylic acids is 1. The summed E-state index contributed by atoms with van der Waals surface area (Å²) in [4.78, 5) is 28.0. The van der Waals surface area contributed by atoms with E-state index in [1.165, 1.54) is 5.56 Å². The average Bonchev–Trinajstić information content (AvgIpc) is 2.74. The van der Waals surface area contributed by atoms with Gasteiger partial charge < -0.3 is 10.4 Å². The Morgan fingerprint density at radius 1 is 0.964 bits per heavy atom. The second-order valence-corrected chi connectivity index (χ2v) is 7.38. The number of amides is 1. The Bertz CT molecular complexity index is 1010. The van der Waals surface area contributed by atoms with Gasteiger partial charge in [0, 0.05) is 17.3 Å². The van der Waals surface area contributed by atoms with E-state index in [-0.39, 0.29) is 11.8 Å². The number of nitrogens with one attached hydrogen (secondary N) is 1. The molecule has 0 aliphatic heterocycles. The molecule has 1 fully saturated rings. The Hall–Kier alpha value is -3.21. The highest BCUT2D eigenvalue weighted by molar-refractivity contribution is 6.05. The number of pyridine rings is 1. The van der Waals surface area contributed by atoms with Crippen LogP contribution < -0.4 is 5.32 Å². The third kappa shape index (κ3) is 3.88. The van der Waals surface area contributed by atoms with Crippen LogP contribution in [0.2, 0.25) is 0 Å². The van der Waals surface area contributed by atoms with Crippen molar-refractivity contribution in [3.05, 3.63) is 71.9 Å². The molecule has 3 aromatic rings. The summed E-state index contributed by atoms with van der Waals surface area (Å²) in [5.74, 6) is -0.678. The lowest BCUT2D eigenvalue weighted by Gasteiger charge is -2.26. The molecule has 0 spiro atoms. The van der Waals surface area contributed by atoms with Crippen molar-refractivity contribution in [3.63, 3.8) is 0 Å². The molecule has 0 unspecified atom stereocenters. The molecule has 2 N–H and O–H groups in total. The quantitative estimate of drug-likeness (QED) is 0.684. The molecule has 5 nitrogen and oxygen atoms in total.